The van der Waals surface area contributed by atoms with E-state index in [4.69, 9.17) is 9.47 Å². The quantitative estimate of drug-likeness (QED) is 0.752. The van der Waals surface area contributed by atoms with Gasteiger partial charge >= 0.3 is 5.97 Å². The molecule has 1 saturated heterocycles. The lowest BCUT2D eigenvalue weighted by atomic mass is 9.86. The molecule has 2 heterocycles. The number of nitrogens with zero attached hydrogens (tertiary/aromatic N) is 1. The number of rotatable bonds is 5. The first-order chi connectivity index (χ1) is 13.8. The molecule has 0 bridgehead atoms. The van der Waals surface area contributed by atoms with Gasteiger partial charge in [0.15, 0.2) is 0 Å². The lowest BCUT2D eigenvalue weighted by Crippen LogP contribution is -2.41. The molecule has 1 fully saturated rings. The largest absolute Gasteiger partial charge is 0.465 e. The predicted octanol–water partition coefficient (Wildman–Crippen LogP) is 3.77. The molecule has 3 rings (SSSR count). The van der Waals surface area contributed by atoms with E-state index >= 15 is 0 Å². The van der Waals surface area contributed by atoms with Crippen molar-refractivity contribution < 1.29 is 19.1 Å². The van der Waals surface area contributed by atoms with Crippen LogP contribution in [0.2, 0.25) is 0 Å². The number of esters is 1. The average molecular weight is 417 g/mol. The molecule has 6 nitrogen and oxygen atoms in total. The summed E-state index contributed by atoms with van der Waals surface area (Å²) >= 11 is 1.32. The van der Waals surface area contributed by atoms with Gasteiger partial charge in [0.05, 0.1) is 32.6 Å². The standard InChI is InChI=1S/C22H28N2O4S/c1-22(2,3)16-7-5-15(6-8-16)18-13-17(20(29-18)21(26)27-4)23-19(25)14-24-9-11-28-12-10-24/h5-8,13H,9-12,14H2,1-4H3,(H,23,25). The second-order valence-corrected chi connectivity index (χ2v) is 9.16. The van der Waals surface area contributed by atoms with E-state index in [-0.39, 0.29) is 17.9 Å². The summed E-state index contributed by atoms with van der Waals surface area (Å²) < 4.78 is 10.2. The van der Waals surface area contributed by atoms with Crippen molar-refractivity contribution in [3.05, 3.63) is 40.8 Å². The summed E-state index contributed by atoms with van der Waals surface area (Å²) in [5, 5.41) is 2.89. The van der Waals surface area contributed by atoms with E-state index < -0.39 is 5.97 Å². The van der Waals surface area contributed by atoms with E-state index in [0.29, 0.717) is 23.8 Å². The number of carbonyl (C=O) groups is 2. The van der Waals surface area contributed by atoms with Gasteiger partial charge in [0.2, 0.25) is 5.91 Å². The minimum Gasteiger partial charge on any atom is -0.465 e. The van der Waals surface area contributed by atoms with Gasteiger partial charge in [-0.1, -0.05) is 45.0 Å². The van der Waals surface area contributed by atoms with Crippen LogP contribution in [-0.2, 0) is 19.7 Å². The first-order valence-corrected chi connectivity index (χ1v) is 10.5. The van der Waals surface area contributed by atoms with Gasteiger partial charge in [-0.15, -0.1) is 11.3 Å². The minimum absolute atomic E-state index is 0.0732. The van der Waals surface area contributed by atoms with Gasteiger partial charge in [-0.05, 0) is 22.6 Å². The highest BCUT2D eigenvalue weighted by atomic mass is 32.1. The molecule has 0 spiro atoms. The Hall–Kier alpha value is -2.22. The summed E-state index contributed by atoms with van der Waals surface area (Å²) in [6.07, 6.45) is 0. The van der Waals surface area contributed by atoms with E-state index in [0.717, 1.165) is 23.5 Å². The second-order valence-electron chi connectivity index (χ2n) is 8.11. The first kappa shape index (κ1) is 21.5. The van der Waals surface area contributed by atoms with Crippen LogP contribution in [0.4, 0.5) is 5.69 Å². The smallest absolute Gasteiger partial charge is 0.350 e. The molecule has 1 amide bonds. The van der Waals surface area contributed by atoms with E-state index in [9.17, 15) is 9.59 Å². The summed E-state index contributed by atoms with van der Waals surface area (Å²) in [7, 11) is 1.35. The zero-order chi connectivity index (χ0) is 21.0. The van der Waals surface area contributed by atoms with Crippen LogP contribution in [0.1, 0.15) is 36.0 Å². The maximum Gasteiger partial charge on any atom is 0.350 e. The molecular weight excluding hydrogens is 388 g/mol. The highest BCUT2D eigenvalue weighted by Gasteiger charge is 2.21. The van der Waals surface area contributed by atoms with Crippen molar-refractivity contribution in [1.82, 2.24) is 4.90 Å². The van der Waals surface area contributed by atoms with Crippen molar-refractivity contribution in [1.29, 1.82) is 0 Å². The number of thiophene rings is 1. The number of nitrogens with one attached hydrogen (secondary N) is 1. The normalized spacial score (nSPS) is 15.2. The molecule has 0 aliphatic carbocycles. The van der Waals surface area contributed by atoms with Crippen molar-refractivity contribution in [2.45, 2.75) is 26.2 Å². The zero-order valence-corrected chi connectivity index (χ0v) is 18.2. The summed E-state index contributed by atoms with van der Waals surface area (Å²) in [5.74, 6) is -0.598. The average Bonchev–Trinajstić information content (AvgIpc) is 3.11. The molecule has 1 aromatic carbocycles. The van der Waals surface area contributed by atoms with Crippen molar-refractivity contribution in [3.63, 3.8) is 0 Å². The van der Waals surface area contributed by atoms with Gasteiger partial charge in [-0.2, -0.15) is 0 Å². The zero-order valence-electron chi connectivity index (χ0n) is 17.4. The van der Waals surface area contributed by atoms with Crippen molar-refractivity contribution in [2.75, 3.05) is 45.3 Å². The van der Waals surface area contributed by atoms with Gasteiger partial charge in [0.1, 0.15) is 4.88 Å². The molecule has 29 heavy (non-hydrogen) atoms. The summed E-state index contributed by atoms with van der Waals surface area (Å²) in [4.78, 5) is 28.1. The van der Waals surface area contributed by atoms with Gasteiger partial charge in [-0.3, -0.25) is 9.69 Å². The maximum absolute atomic E-state index is 12.5. The number of carbonyl (C=O) groups excluding carboxylic acids is 2. The Labute approximate surface area is 175 Å². The van der Waals surface area contributed by atoms with Crippen LogP contribution in [0.5, 0.6) is 0 Å². The molecule has 0 radical (unpaired) electrons. The SMILES string of the molecule is COC(=O)c1sc(-c2ccc(C(C)(C)C)cc2)cc1NC(=O)CN1CCOCC1. The van der Waals surface area contributed by atoms with E-state index in [1.807, 2.05) is 23.1 Å². The fraction of sp³-hybridized carbons (Fsp3) is 0.455. The highest BCUT2D eigenvalue weighted by molar-refractivity contribution is 7.18. The second kappa shape index (κ2) is 9.07. The van der Waals surface area contributed by atoms with Crippen molar-refractivity contribution >= 4 is 28.9 Å². The molecule has 1 aliphatic heterocycles. The Bertz CT molecular complexity index is 862. The molecule has 0 saturated carbocycles. The summed E-state index contributed by atoms with van der Waals surface area (Å²) in [6.45, 7) is 9.51. The Morgan fingerprint density at radius 2 is 1.83 bits per heavy atom. The van der Waals surface area contributed by atoms with Crippen LogP contribution in [-0.4, -0.2) is 56.7 Å². The number of morpholine rings is 1. The fourth-order valence-corrected chi connectivity index (χ4v) is 4.19. The van der Waals surface area contributed by atoms with E-state index in [1.165, 1.54) is 24.0 Å². The first-order valence-electron chi connectivity index (χ1n) is 9.71. The summed E-state index contributed by atoms with van der Waals surface area (Å²) in [5.41, 5.74) is 2.81. The van der Waals surface area contributed by atoms with Crippen molar-refractivity contribution in [2.24, 2.45) is 0 Å². The molecular formula is C22H28N2O4S. The van der Waals surface area contributed by atoms with Crippen molar-refractivity contribution in [3.8, 4) is 10.4 Å². The third-order valence-corrected chi connectivity index (χ3v) is 6.05. The predicted molar refractivity (Wildman–Crippen MR) is 116 cm³/mol. The molecule has 7 heteroatoms. The molecule has 0 atom stereocenters. The van der Waals surface area contributed by atoms with E-state index in [2.05, 4.69) is 38.2 Å². The van der Waals surface area contributed by atoms with Crippen LogP contribution in [0.15, 0.2) is 30.3 Å². The minimum atomic E-state index is -0.450. The molecule has 1 aliphatic rings. The maximum atomic E-state index is 12.5. The highest BCUT2D eigenvalue weighted by Crippen LogP contribution is 2.36. The number of hydrogen-bond donors (Lipinski definition) is 1. The third kappa shape index (κ3) is 5.44. The van der Waals surface area contributed by atoms with Gasteiger partial charge in [0, 0.05) is 18.0 Å². The van der Waals surface area contributed by atoms with E-state index in [1.54, 1.807) is 0 Å². The summed E-state index contributed by atoms with van der Waals surface area (Å²) in [6, 6.07) is 10.1. The van der Waals surface area contributed by atoms with Crippen LogP contribution in [0.3, 0.4) is 0 Å². The van der Waals surface area contributed by atoms with Crippen LogP contribution in [0, 0.1) is 0 Å². The Balaban J connectivity index is 1.80. The number of methoxy groups -OCH3 is 1. The number of anilines is 1. The number of amides is 1. The van der Waals surface area contributed by atoms with Gasteiger partial charge < -0.3 is 14.8 Å². The number of hydrogen-bond acceptors (Lipinski definition) is 6. The molecule has 0 unspecified atom stereocenters. The third-order valence-electron chi connectivity index (χ3n) is 4.88. The lowest BCUT2D eigenvalue weighted by molar-refractivity contribution is -0.118. The Morgan fingerprint density at radius 3 is 2.41 bits per heavy atom. The van der Waals surface area contributed by atoms with Gasteiger partial charge in [-0.25, -0.2) is 4.79 Å². The van der Waals surface area contributed by atoms with Crippen LogP contribution >= 0.6 is 11.3 Å². The monoisotopic (exact) mass is 416 g/mol. The molecule has 1 N–H and O–H groups in total. The molecule has 156 valence electrons. The molecule has 2 aromatic rings. The number of benzene rings is 1. The van der Waals surface area contributed by atoms with Crippen LogP contribution < -0.4 is 5.32 Å². The Morgan fingerprint density at radius 1 is 1.17 bits per heavy atom. The van der Waals surface area contributed by atoms with Crippen LogP contribution in [0.25, 0.3) is 10.4 Å². The molecule has 1 aromatic heterocycles. The fourth-order valence-electron chi connectivity index (χ4n) is 3.16. The van der Waals surface area contributed by atoms with Gasteiger partial charge in [0.25, 0.3) is 0 Å². The lowest BCUT2D eigenvalue weighted by Gasteiger charge is -2.25. The topological polar surface area (TPSA) is 67.9 Å². The number of ether oxygens (including phenoxy) is 2. The Kier molecular flexibility index (Phi) is 6.72.